The molecule has 0 aromatic rings. The van der Waals surface area contributed by atoms with Crippen molar-refractivity contribution in [1.82, 2.24) is 0 Å². The summed E-state index contributed by atoms with van der Waals surface area (Å²) in [6, 6.07) is 0. The number of hydrogen-bond donors (Lipinski definition) is 0. The van der Waals surface area contributed by atoms with Gasteiger partial charge in [0, 0.05) is 10.8 Å². The molecule has 0 unspecified atom stereocenters. The van der Waals surface area contributed by atoms with Crippen LogP contribution in [0, 0.1) is 22.2 Å². The molecule has 0 amide bonds. The van der Waals surface area contributed by atoms with Crippen molar-refractivity contribution in [1.29, 1.82) is 0 Å². The Morgan fingerprint density at radius 2 is 2.06 bits per heavy atom. The summed E-state index contributed by atoms with van der Waals surface area (Å²) in [6.07, 6.45) is 8.76. The summed E-state index contributed by atoms with van der Waals surface area (Å²) in [4.78, 5) is 0. The molecule has 4 heteroatoms. The first-order valence-corrected chi connectivity index (χ1v) is 8.41. The summed E-state index contributed by atoms with van der Waals surface area (Å²) >= 11 is 0. The third-order valence-electron chi connectivity index (χ3n) is 6.64. The fourth-order valence-corrected chi connectivity index (χ4v) is 7.88. The van der Waals surface area contributed by atoms with Crippen molar-refractivity contribution in [3.05, 3.63) is 12.2 Å². The number of hydrogen-bond acceptors (Lipinski definition) is 3. The van der Waals surface area contributed by atoms with Crippen LogP contribution < -0.4 is 0 Å². The van der Waals surface area contributed by atoms with Crippen LogP contribution in [0.4, 0.5) is 0 Å². The van der Waals surface area contributed by atoms with E-state index in [0.29, 0.717) is 12.5 Å². The molecule has 0 N–H and O–H groups in total. The van der Waals surface area contributed by atoms with Gasteiger partial charge in [0.05, 0.1) is 11.9 Å². The molecule has 2 saturated carbocycles. The van der Waals surface area contributed by atoms with E-state index in [1.165, 1.54) is 6.42 Å². The van der Waals surface area contributed by atoms with Gasteiger partial charge >= 0.3 is 0 Å². The maximum absolute atomic E-state index is 12.3. The highest BCUT2D eigenvalue weighted by Crippen LogP contribution is 2.76. The van der Waals surface area contributed by atoms with E-state index < -0.39 is 10.1 Å². The smallest absolute Gasteiger partial charge is 0.269 e. The Kier molecular flexibility index (Phi) is 1.83. The van der Waals surface area contributed by atoms with Gasteiger partial charge in [0.25, 0.3) is 10.1 Å². The first kappa shape index (κ1) is 11.5. The number of allylic oxidation sites excluding steroid dienone is 2. The van der Waals surface area contributed by atoms with E-state index >= 15 is 0 Å². The van der Waals surface area contributed by atoms with Crippen LogP contribution in [-0.4, -0.2) is 20.3 Å². The van der Waals surface area contributed by atoms with Gasteiger partial charge in [-0.1, -0.05) is 32.4 Å². The van der Waals surface area contributed by atoms with Gasteiger partial charge in [0.1, 0.15) is 0 Å². The molecule has 3 nitrogen and oxygen atoms in total. The molecule has 18 heavy (non-hydrogen) atoms. The average Bonchev–Trinajstić information content (AvgIpc) is 2.75. The normalized spacial score (nSPS) is 59.7. The van der Waals surface area contributed by atoms with Gasteiger partial charge in [-0.25, -0.2) is 0 Å². The molecule has 0 aromatic heterocycles. The van der Waals surface area contributed by atoms with Gasteiger partial charge in [-0.15, -0.1) is 0 Å². The lowest BCUT2D eigenvalue weighted by Crippen LogP contribution is -2.61. The Morgan fingerprint density at radius 3 is 2.83 bits per heavy atom. The maximum Gasteiger partial charge on any atom is 0.271 e. The second-order valence-corrected chi connectivity index (χ2v) is 8.94. The summed E-state index contributed by atoms with van der Waals surface area (Å²) in [5, 5.41) is -0.302. The highest BCUT2D eigenvalue weighted by molar-refractivity contribution is 7.87. The van der Waals surface area contributed by atoms with Gasteiger partial charge in [-0.3, -0.25) is 4.18 Å². The van der Waals surface area contributed by atoms with Crippen LogP contribution in [0.2, 0.25) is 0 Å². The van der Waals surface area contributed by atoms with E-state index in [9.17, 15) is 8.42 Å². The third kappa shape index (κ3) is 0.913. The van der Waals surface area contributed by atoms with Crippen LogP contribution in [0.15, 0.2) is 12.2 Å². The quantitative estimate of drug-likeness (QED) is 0.501. The summed E-state index contributed by atoms with van der Waals surface area (Å²) in [6.45, 7) is 4.93. The lowest BCUT2D eigenvalue weighted by atomic mass is 9.48. The monoisotopic (exact) mass is 268 g/mol. The van der Waals surface area contributed by atoms with Crippen molar-refractivity contribution < 1.29 is 12.6 Å². The molecule has 2 bridgehead atoms. The minimum atomic E-state index is -3.37. The van der Waals surface area contributed by atoms with E-state index in [-0.39, 0.29) is 21.5 Å². The highest BCUT2D eigenvalue weighted by atomic mass is 32.2. The second-order valence-electron chi connectivity index (χ2n) is 7.15. The van der Waals surface area contributed by atoms with Gasteiger partial charge in [-0.2, -0.15) is 8.42 Å². The standard InChI is InChI=1S/C14H20O3S/c1-12-5-3-6-13(2)10-4-7-14(12,13)11(8-10)18(15,16)17-9-12/h4,7,10-11H,3,5-6,8-9H2,1-2H3/t10-,11+,12+,13-,14-/m1/s1. The molecular weight excluding hydrogens is 248 g/mol. The van der Waals surface area contributed by atoms with Crippen LogP contribution in [0.3, 0.4) is 0 Å². The lowest BCUT2D eigenvalue weighted by molar-refractivity contribution is -0.0880. The lowest BCUT2D eigenvalue weighted by Gasteiger charge is -2.60. The zero-order chi connectivity index (χ0) is 12.8. The molecule has 0 radical (unpaired) electrons. The van der Waals surface area contributed by atoms with Crippen LogP contribution in [0.5, 0.6) is 0 Å². The van der Waals surface area contributed by atoms with Crippen molar-refractivity contribution in [2.24, 2.45) is 22.2 Å². The van der Waals surface area contributed by atoms with Gasteiger partial charge in [0.15, 0.2) is 0 Å². The average molecular weight is 268 g/mol. The largest absolute Gasteiger partial charge is 0.271 e. The van der Waals surface area contributed by atoms with Crippen molar-refractivity contribution >= 4 is 10.1 Å². The topological polar surface area (TPSA) is 43.4 Å². The summed E-state index contributed by atoms with van der Waals surface area (Å²) < 4.78 is 29.9. The van der Waals surface area contributed by atoms with Gasteiger partial charge < -0.3 is 0 Å². The predicted octanol–water partition coefficient (Wildman–Crippen LogP) is 2.49. The molecule has 1 spiro atoms. The minimum Gasteiger partial charge on any atom is -0.269 e. The Morgan fingerprint density at radius 1 is 1.28 bits per heavy atom. The molecule has 3 aliphatic carbocycles. The second kappa shape index (κ2) is 2.88. The first-order chi connectivity index (χ1) is 8.36. The van der Waals surface area contributed by atoms with Crippen molar-refractivity contribution in [2.45, 2.75) is 44.8 Å². The van der Waals surface area contributed by atoms with E-state index in [1.54, 1.807) is 0 Å². The fourth-order valence-electron chi connectivity index (χ4n) is 5.76. The predicted molar refractivity (Wildman–Crippen MR) is 68.4 cm³/mol. The zero-order valence-electron chi connectivity index (χ0n) is 11.0. The fraction of sp³-hybridized carbons (Fsp3) is 0.857. The summed E-state index contributed by atoms with van der Waals surface area (Å²) in [5.41, 5.74) is -0.0285. The molecule has 4 rings (SSSR count). The molecule has 1 aliphatic heterocycles. The molecule has 1 saturated heterocycles. The van der Waals surface area contributed by atoms with E-state index in [0.717, 1.165) is 19.3 Å². The molecule has 0 aromatic carbocycles. The maximum atomic E-state index is 12.3. The Labute approximate surface area is 109 Å². The minimum absolute atomic E-state index is 0.00225. The van der Waals surface area contributed by atoms with E-state index in [4.69, 9.17) is 4.18 Å². The van der Waals surface area contributed by atoms with E-state index in [2.05, 4.69) is 26.0 Å². The molecule has 4 aliphatic rings. The molecule has 5 atom stereocenters. The first-order valence-electron chi connectivity index (χ1n) is 6.93. The van der Waals surface area contributed by atoms with Crippen molar-refractivity contribution in [3.63, 3.8) is 0 Å². The SMILES string of the molecule is C[C@@]12CCC[C@]3(C)[C@@H]4C=C[C@@]13[C@H](C4)S(=O)(=O)OC2. The Balaban J connectivity index is 2.02. The van der Waals surface area contributed by atoms with Crippen LogP contribution in [0.1, 0.15) is 39.5 Å². The van der Waals surface area contributed by atoms with Gasteiger partial charge in [0.2, 0.25) is 0 Å². The molecule has 3 fully saturated rings. The van der Waals surface area contributed by atoms with Crippen molar-refractivity contribution in [2.75, 3.05) is 6.61 Å². The Bertz CT molecular complexity index is 551. The van der Waals surface area contributed by atoms with Crippen molar-refractivity contribution in [3.8, 4) is 0 Å². The molecule has 1 heterocycles. The molecular formula is C14H20O3S. The Hall–Kier alpha value is -0.350. The highest BCUT2D eigenvalue weighted by Gasteiger charge is 2.75. The number of rotatable bonds is 0. The van der Waals surface area contributed by atoms with Crippen LogP contribution in [-0.2, 0) is 14.3 Å². The van der Waals surface area contributed by atoms with Crippen LogP contribution in [0.25, 0.3) is 0 Å². The van der Waals surface area contributed by atoms with E-state index in [1.807, 2.05) is 0 Å². The zero-order valence-corrected chi connectivity index (χ0v) is 11.8. The van der Waals surface area contributed by atoms with Gasteiger partial charge in [-0.05, 0) is 30.6 Å². The third-order valence-corrected chi connectivity index (χ3v) is 8.35. The summed E-state index contributed by atoms with van der Waals surface area (Å²) in [5.74, 6) is 0.429. The van der Waals surface area contributed by atoms with Crippen LogP contribution >= 0.6 is 0 Å². The summed E-state index contributed by atoms with van der Waals surface area (Å²) in [7, 11) is -3.37. The molecule has 100 valence electrons.